The Hall–Kier alpha value is -2.57. The van der Waals surface area contributed by atoms with Gasteiger partial charge in [-0.3, -0.25) is 4.79 Å². The average Bonchev–Trinajstić information content (AvgIpc) is 3.39. The number of aliphatic hydroxyl groups is 7. The number of aliphatic hydroxyl groups excluding tert-OH is 7. The van der Waals surface area contributed by atoms with Gasteiger partial charge in [-0.15, -0.1) is 0 Å². The molecule has 2 aliphatic heterocycles. The van der Waals surface area contributed by atoms with Crippen molar-refractivity contribution in [1.29, 1.82) is 0 Å². The van der Waals surface area contributed by atoms with Gasteiger partial charge in [-0.1, -0.05) is 0 Å². The number of hydrogen-bond donors (Lipinski definition) is 8. The van der Waals surface area contributed by atoms with Gasteiger partial charge in [0.2, 0.25) is 6.29 Å². The number of hydrogen-bond acceptors (Lipinski definition) is 14. The highest BCUT2D eigenvalue weighted by Gasteiger charge is 2.51. The van der Waals surface area contributed by atoms with Gasteiger partial charge in [0.1, 0.15) is 59.8 Å². The Labute approximate surface area is 221 Å². The van der Waals surface area contributed by atoms with Crippen molar-refractivity contribution in [3.63, 3.8) is 0 Å². The number of furan rings is 1. The second-order valence-electron chi connectivity index (χ2n) is 9.24. The monoisotopic (exact) mass is 560 g/mol. The molecule has 15 nitrogen and oxygen atoms in total. The maximum Gasteiger partial charge on any atom is 0.303 e. The van der Waals surface area contributed by atoms with Gasteiger partial charge in [-0.2, -0.15) is 0 Å². The molecule has 0 amide bonds. The van der Waals surface area contributed by atoms with E-state index in [-0.39, 0.29) is 24.3 Å². The SMILES string of the molecule is COc1c(CCC(=O)O)c(OC2OC(CO)C(O)C(O)C2OC2OC(CO)C(O)C(O)C2O)cc2occc12. The molecule has 39 heavy (non-hydrogen) atoms. The molecule has 2 aromatic rings. The smallest absolute Gasteiger partial charge is 0.303 e. The topological polar surface area (TPSA) is 238 Å². The Kier molecular flexibility index (Phi) is 9.28. The van der Waals surface area contributed by atoms with E-state index in [9.17, 15) is 45.6 Å². The molecule has 2 aliphatic rings. The molecule has 8 N–H and O–H groups in total. The summed E-state index contributed by atoms with van der Waals surface area (Å²) in [6.07, 6.45) is -15.3. The molecule has 1 aromatic carbocycles. The van der Waals surface area contributed by atoms with Crippen molar-refractivity contribution in [3.8, 4) is 11.5 Å². The summed E-state index contributed by atoms with van der Waals surface area (Å²) in [7, 11) is 1.37. The molecule has 0 aliphatic carbocycles. The number of rotatable bonds is 10. The Morgan fingerprint density at radius 2 is 1.56 bits per heavy atom. The molecule has 218 valence electrons. The molecule has 10 unspecified atom stereocenters. The van der Waals surface area contributed by atoms with Crippen LogP contribution in [0.25, 0.3) is 11.0 Å². The molecule has 0 radical (unpaired) electrons. The molecule has 4 rings (SSSR count). The second kappa shape index (κ2) is 12.3. The van der Waals surface area contributed by atoms with Crippen molar-refractivity contribution < 1.29 is 73.7 Å². The average molecular weight is 561 g/mol. The van der Waals surface area contributed by atoms with Crippen molar-refractivity contribution in [3.05, 3.63) is 24.0 Å². The summed E-state index contributed by atoms with van der Waals surface area (Å²) in [4.78, 5) is 11.3. The Morgan fingerprint density at radius 1 is 0.923 bits per heavy atom. The highest BCUT2D eigenvalue weighted by atomic mass is 16.8. The van der Waals surface area contributed by atoms with E-state index in [1.54, 1.807) is 6.07 Å². The predicted molar refractivity (Wildman–Crippen MR) is 126 cm³/mol. The minimum atomic E-state index is -1.84. The maximum atomic E-state index is 11.3. The van der Waals surface area contributed by atoms with Gasteiger partial charge in [0.25, 0.3) is 0 Å². The number of ether oxygens (including phenoxy) is 5. The van der Waals surface area contributed by atoms with Crippen LogP contribution < -0.4 is 9.47 Å². The fourth-order valence-electron chi connectivity index (χ4n) is 4.66. The highest BCUT2D eigenvalue weighted by Crippen LogP contribution is 2.40. The second-order valence-corrected chi connectivity index (χ2v) is 9.24. The van der Waals surface area contributed by atoms with Crippen LogP contribution in [0.15, 0.2) is 22.8 Å². The Balaban J connectivity index is 1.70. The maximum absolute atomic E-state index is 11.3. The third-order valence-electron chi connectivity index (χ3n) is 6.77. The van der Waals surface area contributed by atoms with Crippen LogP contribution in [0.1, 0.15) is 12.0 Å². The lowest BCUT2D eigenvalue weighted by atomic mass is 9.97. The van der Waals surface area contributed by atoms with Crippen molar-refractivity contribution in [2.45, 2.75) is 74.3 Å². The number of carboxylic acids is 1. The van der Waals surface area contributed by atoms with E-state index in [0.717, 1.165) is 0 Å². The van der Waals surface area contributed by atoms with Crippen molar-refractivity contribution in [1.82, 2.24) is 0 Å². The predicted octanol–water partition coefficient (Wildman–Crippen LogP) is -2.54. The van der Waals surface area contributed by atoms with Crippen LogP contribution >= 0.6 is 0 Å². The van der Waals surface area contributed by atoms with Crippen LogP contribution in [0, 0.1) is 0 Å². The van der Waals surface area contributed by atoms with E-state index in [0.29, 0.717) is 16.5 Å². The summed E-state index contributed by atoms with van der Waals surface area (Å²) < 4.78 is 33.7. The van der Waals surface area contributed by atoms with Gasteiger partial charge in [-0.05, 0) is 12.5 Å². The van der Waals surface area contributed by atoms with Gasteiger partial charge < -0.3 is 69.0 Å². The summed E-state index contributed by atoms with van der Waals surface area (Å²) in [5.74, 6) is -0.811. The standard InChI is InChI=1S/C24H32O15/c1-34-21-9(2-3-15(27)28)12(6-11-10(21)4-5-35-11)36-24-22(19(32)17(30)14(8-26)38-24)39-23-20(33)18(31)16(29)13(7-25)37-23/h4-6,13-14,16-20,22-26,29-33H,2-3,7-8H2,1H3,(H,27,28). The zero-order valence-electron chi connectivity index (χ0n) is 20.8. The molecule has 0 saturated carbocycles. The first-order valence-corrected chi connectivity index (χ1v) is 12.1. The van der Waals surface area contributed by atoms with Gasteiger partial charge in [0.15, 0.2) is 12.4 Å². The quantitative estimate of drug-likeness (QED) is 0.149. The Bertz CT molecular complexity index is 1120. The van der Waals surface area contributed by atoms with E-state index in [4.69, 9.17) is 28.1 Å². The van der Waals surface area contributed by atoms with Crippen LogP contribution in [0.3, 0.4) is 0 Å². The summed E-state index contributed by atoms with van der Waals surface area (Å²) in [6.45, 7) is -1.46. The summed E-state index contributed by atoms with van der Waals surface area (Å²) >= 11 is 0. The van der Waals surface area contributed by atoms with Crippen molar-refractivity contribution in [2.24, 2.45) is 0 Å². The zero-order chi connectivity index (χ0) is 28.4. The first kappa shape index (κ1) is 29.4. The summed E-state index contributed by atoms with van der Waals surface area (Å²) in [5.41, 5.74) is 0.618. The van der Waals surface area contributed by atoms with Crippen LogP contribution in [0.5, 0.6) is 11.5 Å². The number of aliphatic carboxylic acids is 1. The molecule has 0 spiro atoms. The number of methoxy groups -OCH3 is 1. The molecule has 15 heteroatoms. The summed E-state index contributed by atoms with van der Waals surface area (Å²) in [5, 5.41) is 80.9. The van der Waals surface area contributed by atoms with Crippen LogP contribution in [-0.4, -0.2) is 129 Å². The molecule has 2 fully saturated rings. The normalized spacial score (nSPS) is 35.2. The van der Waals surface area contributed by atoms with Gasteiger partial charge >= 0.3 is 5.97 Å². The van der Waals surface area contributed by atoms with E-state index in [2.05, 4.69) is 0 Å². The Morgan fingerprint density at radius 3 is 2.18 bits per heavy atom. The van der Waals surface area contributed by atoms with Gasteiger partial charge in [-0.25, -0.2) is 0 Å². The lowest BCUT2D eigenvalue weighted by molar-refractivity contribution is -0.357. The van der Waals surface area contributed by atoms with E-state index in [1.807, 2.05) is 0 Å². The fourth-order valence-corrected chi connectivity index (χ4v) is 4.66. The van der Waals surface area contributed by atoms with Crippen molar-refractivity contribution >= 4 is 16.9 Å². The van der Waals surface area contributed by atoms with E-state index < -0.39 is 80.6 Å². The zero-order valence-corrected chi connectivity index (χ0v) is 20.8. The molecule has 0 bridgehead atoms. The minimum Gasteiger partial charge on any atom is -0.496 e. The summed E-state index contributed by atoms with van der Waals surface area (Å²) in [6, 6.07) is 3.06. The van der Waals surface area contributed by atoms with Crippen molar-refractivity contribution in [2.75, 3.05) is 20.3 Å². The van der Waals surface area contributed by atoms with E-state index >= 15 is 0 Å². The number of carboxylic acid groups (broad SMARTS) is 1. The van der Waals surface area contributed by atoms with Crippen LogP contribution in [-0.2, 0) is 25.4 Å². The molecular weight excluding hydrogens is 528 g/mol. The molecule has 3 heterocycles. The van der Waals surface area contributed by atoms with Gasteiger partial charge in [0.05, 0.1) is 32.0 Å². The lowest BCUT2D eigenvalue weighted by Gasteiger charge is -2.45. The van der Waals surface area contributed by atoms with Crippen LogP contribution in [0.4, 0.5) is 0 Å². The largest absolute Gasteiger partial charge is 0.496 e. The molecule has 2 saturated heterocycles. The van der Waals surface area contributed by atoms with Crippen LogP contribution in [0.2, 0.25) is 0 Å². The third-order valence-corrected chi connectivity index (χ3v) is 6.77. The molecule has 1 aromatic heterocycles. The first-order chi connectivity index (χ1) is 18.6. The third kappa shape index (κ3) is 5.83. The lowest BCUT2D eigenvalue weighted by Crippen LogP contribution is -2.65. The highest BCUT2D eigenvalue weighted by molar-refractivity contribution is 5.88. The van der Waals surface area contributed by atoms with E-state index in [1.165, 1.54) is 19.4 Å². The van der Waals surface area contributed by atoms with Gasteiger partial charge in [0, 0.05) is 18.1 Å². The fraction of sp³-hybridized carbons (Fsp3) is 0.625. The minimum absolute atomic E-state index is 0.0169. The number of benzene rings is 1. The number of fused-ring (bicyclic) bond motifs is 1. The molecule has 10 atom stereocenters. The molecular formula is C24H32O15. The number of carbonyl (C=O) groups is 1. The first-order valence-electron chi connectivity index (χ1n) is 12.1.